The minimum Gasteiger partial charge on any atom is -0.399 e. The number of nitrogen functional groups attached to an aromatic ring is 1. The molecule has 2 heterocycles. The number of hydrogen-bond donors (Lipinski definition) is 3. The number of hydrogen-bond acceptors (Lipinski definition) is 5. The smallest absolute Gasteiger partial charge is 0.192 e. The number of amidine groups is 1. The molecule has 0 aliphatic carbocycles. The number of nitrogens with zero attached hydrogens (tertiary/aromatic N) is 3. The maximum absolute atomic E-state index is 7.06. The molecular formula is C18H18N6. The SMILES string of the molecule is Cc1cc(N)ccc1-c1ccccn1.N=NC(=N)c1ccccn1. The summed E-state index contributed by atoms with van der Waals surface area (Å²) in [4.78, 5) is 8.11. The van der Waals surface area contributed by atoms with Crippen molar-refractivity contribution in [3.05, 3.63) is 78.2 Å². The van der Waals surface area contributed by atoms with Crippen molar-refractivity contribution >= 4 is 11.5 Å². The van der Waals surface area contributed by atoms with Crippen molar-refractivity contribution in [2.24, 2.45) is 5.11 Å². The van der Waals surface area contributed by atoms with E-state index in [0.29, 0.717) is 5.69 Å². The van der Waals surface area contributed by atoms with E-state index in [1.807, 2.05) is 43.3 Å². The predicted octanol–water partition coefficient (Wildman–Crippen LogP) is 4.08. The van der Waals surface area contributed by atoms with Gasteiger partial charge in [-0.25, -0.2) is 5.53 Å². The van der Waals surface area contributed by atoms with Crippen LogP contribution < -0.4 is 5.73 Å². The van der Waals surface area contributed by atoms with Gasteiger partial charge in [-0.15, -0.1) is 5.11 Å². The fourth-order valence-electron chi connectivity index (χ4n) is 2.06. The average molecular weight is 318 g/mol. The van der Waals surface area contributed by atoms with Gasteiger partial charge in [0.1, 0.15) is 5.69 Å². The van der Waals surface area contributed by atoms with Gasteiger partial charge in [-0.2, -0.15) is 0 Å². The van der Waals surface area contributed by atoms with Gasteiger partial charge in [-0.1, -0.05) is 18.2 Å². The predicted molar refractivity (Wildman–Crippen MR) is 95.0 cm³/mol. The van der Waals surface area contributed by atoms with Gasteiger partial charge in [0, 0.05) is 23.6 Å². The van der Waals surface area contributed by atoms with Gasteiger partial charge in [0.15, 0.2) is 5.84 Å². The van der Waals surface area contributed by atoms with Gasteiger partial charge in [0.05, 0.1) is 5.69 Å². The zero-order chi connectivity index (χ0) is 17.4. The van der Waals surface area contributed by atoms with Crippen LogP contribution in [0.1, 0.15) is 11.3 Å². The van der Waals surface area contributed by atoms with Crippen LogP contribution in [0.3, 0.4) is 0 Å². The highest BCUT2D eigenvalue weighted by molar-refractivity contribution is 5.94. The summed E-state index contributed by atoms with van der Waals surface area (Å²) in [5.74, 6) is -0.111. The van der Waals surface area contributed by atoms with Crippen LogP contribution >= 0.6 is 0 Å². The van der Waals surface area contributed by atoms with Gasteiger partial charge in [0.2, 0.25) is 0 Å². The normalized spacial score (nSPS) is 9.54. The van der Waals surface area contributed by atoms with Crippen molar-refractivity contribution in [3.8, 4) is 11.3 Å². The molecule has 3 aromatic rings. The van der Waals surface area contributed by atoms with Gasteiger partial charge >= 0.3 is 0 Å². The molecule has 120 valence electrons. The molecule has 0 unspecified atom stereocenters. The van der Waals surface area contributed by atoms with Crippen LogP contribution in [0.25, 0.3) is 11.3 Å². The van der Waals surface area contributed by atoms with E-state index < -0.39 is 0 Å². The van der Waals surface area contributed by atoms with Gasteiger partial charge in [-0.05, 0) is 48.9 Å². The Hall–Kier alpha value is -3.41. The lowest BCUT2D eigenvalue weighted by atomic mass is 10.0. The Morgan fingerprint density at radius 3 is 2.25 bits per heavy atom. The van der Waals surface area contributed by atoms with Crippen LogP contribution in [0.15, 0.2) is 72.1 Å². The van der Waals surface area contributed by atoms with E-state index in [-0.39, 0.29) is 5.84 Å². The summed E-state index contributed by atoms with van der Waals surface area (Å²) in [6.07, 6.45) is 3.36. The number of rotatable bonds is 2. The number of nitrogens with one attached hydrogen (secondary N) is 2. The van der Waals surface area contributed by atoms with E-state index in [0.717, 1.165) is 22.5 Å². The molecule has 0 saturated heterocycles. The highest BCUT2D eigenvalue weighted by Gasteiger charge is 2.01. The molecule has 0 radical (unpaired) electrons. The minimum atomic E-state index is -0.111. The fourth-order valence-corrected chi connectivity index (χ4v) is 2.06. The van der Waals surface area contributed by atoms with Crippen LogP contribution in [0.4, 0.5) is 5.69 Å². The second-order valence-corrected chi connectivity index (χ2v) is 4.96. The zero-order valence-corrected chi connectivity index (χ0v) is 13.3. The van der Waals surface area contributed by atoms with E-state index >= 15 is 0 Å². The highest BCUT2D eigenvalue weighted by Crippen LogP contribution is 2.22. The third-order valence-electron chi connectivity index (χ3n) is 3.21. The molecule has 1 aromatic carbocycles. The first-order valence-electron chi connectivity index (χ1n) is 7.26. The summed E-state index contributed by atoms with van der Waals surface area (Å²) < 4.78 is 0. The largest absolute Gasteiger partial charge is 0.399 e. The summed E-state index contributed by atoms with van der Waals surface area (Å²) in [6, 6.07) is 16.9. The van der Waals surface area contributed by atoms with Crippen molar-refractivity contribution in [2.75, 3.05) is 5.73 Å². The topological polar surface area (TPSA) is 112 Å². The number of pyridine rings is 2. The quantitative estimate of drug-likeness (QED) is 0.286. The lowest BCUT2D eigenvalue weighted by Gasteiger charge is -2.05. The maximum Gasteiger partial charge on any atom is 0.192 e. The molecule has 3 rings (SSSR count). The van der Waals surface area contributed by atoms with E-state index in [1.165, 1.54) is 0 Å². The van der Waals surface area contributed by atoms with Crippen molar-refractivity contribution in [3.63, 3.8) is 0 Å². The van der Waals surface area contributed by atoms with E-state index in [4.69, 9.17) is 16.7 Å². The van der Waals surface area contributed by atoms with Crippen LogP contribution in [-0.2, 0) is 0 Å². The molecule has 24 heavy (non-hydrogen) atoms. The number of anilines is 1. The average Bonchev–Trinajstić information content (AvgIpc) is 2.63. The first-order chi connectivity index (χ1) is 11.6. The standard InChI is InChI=1S/C12H12N2.C6H6N4/c1-9-8-10(13)5-6-11(9)12-4-2-3-7-14-12;7-6(10-8)5-3-1-2-4-9-5/h2-8H,13H2,1H3;1-4,7-8H. The molecule has 0 bridgehead atoms. The van der Waals surface area contributed by atoms with Crippen LogP contribution in [0.5, 0.6) is 0 Å². The second-order valence-electron chi connectivity index (χ2n) is 4.96. The maximum atomic E-state index is 7.06. The van der Waals surface area contributed by atoms with Crippen LogP contribution in [0, 0.1) is 17.9 Å². The lowest BCUT2D eigenvalue weighted by molar-refractivity contribution is 1.14. The van der Waals surface area contributed by atoms with Crippen molar-refractivity contribution < 1.29 is 0 Å². The first-order valence-corrected chi connectivity index (χ1v) is 7.26. The highest BCUT2D eigenvalue weighted by atomic mass is 15.0. The van der Waals surface area contributed by atoms with Gasteiger partial charge < -0.3 is 5.73 Å². The molecule has 0 aliphatic heterocycles. The summed E-state index contributed by atoms with van der Waals surface area (Å²) >= 11 is 0. The molecule has 6 nitrogen and oxygen atoms in total. The molecule has 0 fully saturated rings. The number of benzene rings is 1. The Morgan fingerprint density at radius 2 is 1.71 bits per heavy atom. The van der Waals surface area contributed by atoms with Gasteiger partial charge in [0.25, 0.3) is 0 Å². The van der Waals surface area contributed by atoms with Crippen molar-refractivity contribution in [1.82, 2.24) is 9.97 Å². The molecule has 6 heteroatoms. The summed E-state index contributed by atoms with van der Waals surface area (Å²) in [6.45, 7) is 2.04. The van der Waals surface area contributed by atoms with E-state index in [9.17, 15) is 0 Å². The fraction of sp³-hybridized carbons (Fsp3) is 0.0556. The van der Waals surface area contributed by atoms with Crippen LogP contribution in [0.2, 0.25) is 0 Å². The minimum absolute atomic E-state index is 0.111. The monoisotopic (exact) mass is 318 g/mol. The Morgan fingerprint density at radius 1 is 1.00 bits per heavy atom. The van der Waals surface area contributed by atoms with Crippen molar-refractivity contribution in [2.45, 2.75) is 6.92 Å². The number of nitrogens with two attached hydrogens (primary N) is 1. The molecule has 4 N–H and O–H groups in total. The molecule has 0 amide bonds. The number of aryl methyl sites for hydroxylation is 1. The zero-order valence-electron chi connectivity index (χ0n) is 13.3. The lowest BCUT2D eigenvalue weighted by Crippen LogP contribution is -1.95. The summed E-state index contributed by atoms with van der Waals surface area (Å²) in [5, 5.41) is 9.99. The molecule has 0 spiro atoms. The molecule has 0 saturated carbocycles. The Balaban J connectivity index is 0.000000185. The molecule has 2 aromatic heterocycles. The molecule has 0 aliphatic rings. The molecular weight excluding hydrogens is 300 g/mol. The third-order valence-corrected chi connectivity index (χ3v) is 3.21. The van der Waals surface area contributed by atoms with E-state index in [2.05, 4.69) is 15.1 Å². The Labute approximate surface area is 140 Å². The van der Waals surface area contributed by atoms with Crippen molar-refractivity contribution in [1.29, 1.82) is 10.9 Å². The second kappa shape index (κ2) is 8.28. The first kappa shape index (κ1) is 17.0. The number of aromatic nitrogens is 2. The third kappa shape index (κ3) is 4.54. The Kier molecular flexibility index (Phi) is 5.85. The Bertz CT molecular complexity index is 815. The van der Waals surface area contributed by atoms with Gasteiger partial charge in [-0.3, -0.25) is 15.4 Å². The van der Waals surface area contributed by atoms with E-state index in [1.54, 1.807) is 30.6 Å². The summed E-state index contributed by atoms with van der Waals surface area (Å²) in [7, 11) is 0. The van der Waals surface area contributed by atoms with Crippen LogP contribution in [-0.4, -0.2) is 15.8 Å². The molecule has 0 atom stereocenters. The summed E-state index contributed by atoms with van der Waals surface area (Å²) in [5.41, 5.74) is 16.7.